The molecule has 7 nitrogen and oxygen atoms in total. The van der Waals surface area contributed by atoms with E-state index in [1.807, 2.05) is 0 Å². The van der Waals surface area contributed by atoms with Gasteiger partial charge in [0.1, 0.15) is 17.3 Å². The summed E-state index contributed by atoms with van der Waals surface area (Å²) in [6, 6.07) is 4.00. The first-order chi connectivity index (χ1) is 17.2. The third-order valence-electron chi connectivity index (χ3n) is 7.57. The van der Waals surface area contributed by atoms with Gasteiger partial charge in [0.2, 0.25) is 0 Å². The number of nitrogens with zero attached hydrogens (tertiary/aromatic N) is 3. The Balaban J connectivity index is 1.52. The first-order valence-corrected chi connectivity index (χ1v) is 11.7. The predicted octanol–water partition coefficient (Wildman–Crippen LogP) is 5.63. The molecule has 3 heterocycles. The third-order valence-corrected chi connectivity index (χ3v) is 7.57. The lowest BCUT2D eigenvalue weighted by molar-refractivity contribution is -0.148. The van der Waals surface area contributed by atoms with Gasteiger partial charge in [-0.3, -0.25) is 4.79 Å². The molecule has 4 aromatic rings. The second-order valence-corrected chi connectivity index (χ2v) is 9.59. The van der Waals surface area contributed by atoms with E-state index >= 15 is 0 Å². The lowest BCUT2D eigenvalue weighted by Crippen LogP contribution is -2.51. The lowest BCUT2D eigenvalue weighted by atomic mass is 9.61. The van der Waals surface area contributed by atoms with Crippen molar-refractivity contribution in [2.75, 3.05) is 5.32 Å². The molecule has 0 spiro atoms. The number of carboxylic acid groups (broad SMARTS) is 1. The molecule has 2 atom stereocenters. The molecule has 3 saturated carbocycles. The van der Waals surface area contributed by atoms with Crippen molar-refractivity contribution in [2.45, 2.75) is 37.9 Å². The molecule has 3 aliphatic rings. The summed E-state index contributed by atoms with van der Waals surface area (Å²) in [6.07, 6.45) is 1.40. The van der Waals surface area contributed by atoms with Crippen LogP contribution in [0.15, 0.2) is 36.7 Å². The first kappa shape index (κ1) is 22.7. The van der Waals surface area contributed by atoms with Crippen LogP contribution < -0.4 is 5.32 Å². The standard InChI is InChI=1S/C25H21F4N5O2/c26-14-8-15-17(10-31-21(15)30-9-14)23-32-18-6-5-13(25(27,28)29)7-16(18)22(34-23)33-20-12-3-1-11(2-4-12)19(20)24(35)36/h5-12,19-20H,1-4H2,(H,30,31)(H,35,36)(H,32,33,34). The number of halogens is 4. The van der Waals surface area contributed by atoms with Crippen LogP contribution in [0, 0.1) is 23.6 Å². The third kappa shape index (κ3) is 3.73. The topological polar surface area (TPSA) is 104 Å². The number of hydrogen-bond acceptors (Lipinski definition) is 5. The zero-order chi connectivity index (χ0) is 25.2. The van der Waals surface area contributed by atoms with Crippen molar-refractivity contribution in [1.29, 1.82) is 0 Å². The van der Waals surface area contributed by atoms with Crippen LogP contribution in [-0.4, -0.2) is 37.1 Å². The second-order valence-electron chi connectivity index (χ2n) is 9.59. The minimum atomic E-state index is -4.57. The first-order valence-electron chi connectivity index (χ1n) is 11.7. The minimum absolute atomic E-state index is 0.00553. The van der Waals surface area contributed by atoms with Gasteiger partial charge in [0.05, 0.1) is 23.2 Å². The number of pyridine rings is 1. The van der Waals surface area contributed by atoms with E-state index in [1.54, 1.807) is 6.20 Å². The monoisotopic (exact) mass is 499 g/mol. The van der Waals surface area contributed by atoms with E-state index in [4.69, 9.17) is 0 Å². The van der Waals surface area contributed by atoms with Crippen LogP contribution in [0.25, 0.3) is 33.3 Å². The summed E-state index contributed by atoms with van der Waals surface area (Å²) >= 11 is 0. The molecule has 186 valence electrons. The van der Waals surface area contributed by atoms with Crippen LogP contribution >= 0.6 is 0 Å². The zero-order valence-electron chi connectivity index (χ0n) is 18.8. The summed E-state index contributed by atoms with van der Waals surface area (Å²) in [5, 5.41) is 13.7. The molecule has 7 rings (SSSR count). The molecule has 3 aliphatic carbocycles. The molecule has 3 fully saturated rings. The van der Waals surface area contributed by atoms with Crippen LogP contribution in [0.2, 0.25) is 0 Å². The van der Waals surface area contributed by atoms with E-state index in [1.165, 1.54) is 12.1 Å². The van der Waals surface area contributed by atoms with Crippen LogP contribution in [0.4, 0.5) is 23.4 Å². The Labute approximate surface area is 202 Å². The Hall–Kier alpha value is -3.76. The average molecular weight is 499 g/mol. The Morgan fingerprint density at radius 3 is 2.53 bits per heavy atom. The Kier molecular flexibility index (Phi) is 5.13. The number of H-pyrrole nitrogens is 1. The summed E-state index contributed by atoms with van der Waals surface area (Å²) < 4.78 is 54.5. The second kappa shape index (κ2) is 8.14. The molecule has 0 aliphatic heterocycles. The molecule has 1 aromatic carbocycles. The van der Waals surface area contributed by atoms with Crippen molar-refractivity contribution >= 4 is 33.7 Å². The number of nitrogens with one attached hydrogen (secondary N) is 2. The van der Waals surface area contributed by atoms with Gasteiger partial charge in [0, 0.05) is 28.6 Å². The van der Waals surface area contributed by atoms with Gasteiger partial charge in [-0.15, -0.1) is 0 Å². The van der Waals surface area contributed by atoms with Crippen molar-refractivity contribution in [3.05, 3.63) is 48.0 Å². The van der Waals surface area contributed by atoms with Gasteiger partial charge in [-0.2, -0.15) is 13.2 Å². The summed E-state index contributed by atoms with van der Waals surface area (Å²) in [5.41, 5.74) is 0.240. The number of fused-ring (bicyclic) bond motifs is 5. The molecule has 3 N–H and O–H groups in total. The number of alkyl halides is 3. The Morgan fingerprint density at radius 2 is 1.81 bits per heavy atom. The average Bonchev–Trinajstić information content (AvgIpc) is 3.26. The fraction of sp³-hybridized carbons (Fsp3) is 0.360. The lowest BCUT2D eigenvalue weighted by Gasteiger charge is -2.47. The molecule has 11 heteroatoms. The molecular formula is C25H21F4N5O2. The van der Waals surface area contributed by atoms with E-state index in [9.17, 15) is 27.5 Å². The van der Waals surface area contributed by atoms with Gasteiger partial charge < -0.3 is 15.4 Å². The van der Waals surface area contributed by atoms with Crippen LogP contribution in [0.5, 0.6) is 0 Å². The Morgan fingerprint density at radius 1 is 1.06 bits per heavy atom. The summed E-state index contributed by atoms with van der Waals surface area (Å²) in [4.78, 5) is 28.1. The molecule has 0 radical (unpaired) electrons. The van der Waals surface area contributed by atoms with Gasteiger partial charge in [-0.05, 0) is 61.8 Å². The molecule has 2 unspecified atom stereocenters. The number of carbonyl (C=O) groups is 1. The number of anilines is 1. The highest BCUT2D eigenvalue weighted by atomic mass is 19.4. The van der Waals surface area contributed by atoms with Gasteiger partial charge in [0.15, 0.2) is 5.82 Å². The molecular weight excluding hydrogens is 478 g/mol. The molecule has 0 amide bonds. The van der Waals surface area contributed by atoms with E-state index in [-0.39, 0.29) is 34.4 Å². The largest absolute Gasteiger partial charge is 0.481 e. The van der Waals surface area contributed by atoms with Gasteiger partial charge in [-0.1, -0.05) is 0 Å². The fourth-order valence-electron chi connectivity index (χ4n) is 5.87. The van der Waals surface area contributed by atoms with E-state index in [0.29, 0.717) is 16.6 Å². The van der Waals surface area contributed by atoms with Crippen LogP contribution in [0.1, 0.15) is 31.2 Å². The highest BCUT2D eigenvalue weighted by Crippen LogP contribution is 2.47. The highest BCUT2D eigenvalue weighted by molar-refractivity contribution is 5.96. The van der Waals surface area contributed by atoms with Crippen LogP contribution in [0.3, 0.4) is 0 Å². The summed E-state index contributed by atoms with van der Waals surface area (Å²) in [7, 11) is 0. The van der Waals surface area contributed by atoms with Crippen molar-refractivity contribution in [1.82, 2.24) is 19.9 Å². The number of aromatic nitrogens is 4. The predicted molar refractivity (Wildman–Crippen MR) is 124 cm³/mol. The van der Waals surface area contributed by atoms with E-state index in [2.05, 4.69) is 25.3 Å². The number of hydrogen-bond donors (Lipinski definition) is 3. The van der Waals surface area contributed by atoms with E-state index < -0.39 is 35.5 Å². The van der Waals surface area contributed by atoms with Crippen molar-refractivity contribution in [3.63, 3.8) is 0 Å². The van der Waals surface area contributed by atoms with Crippen LogP contribution in [-0.2, 0) is 11.0 Å². The smallest absolute Gasteiger partial charge is 0.416 e. The number of aliphatic carboxylic acids is 1. The maximum Gasteiger partial charge on any atom is 0.416 e. The van der Waals surface area contributed by atoms with Crippen molar-refractivity contribution < 1.29 is 27.5 Å². The number of carboxylic acids is 1. The normalized spacial score (nSPS) is 23.9. The molecule has 3 aromatic heterocycles. The van der Waals surface area contributed by atoms with Gasteiger partial charge in [0.25, 0.3) is 0 Å². The molecule has 36 heavy (non-hydrogen) atoms. The maximum absolute atomic E-state index is 13.9. The maximum atomic E-state index is 13.9. The molecule has 2 bridgehead atoms. The minimum Gasteiger partial charge on any atom is -0.481 e. The zero-order valence-corrected chi connectivity index (χ0v) is 18.8. The summed E-state index contributed by atoms with van der Waals surface area (Å²) in [5.74, 6) is -1.77. The van der Waals surface area contributed by atoms with Gasteiger partial charge in [-0.25, -0.2) is 19.3 Å². The number of rotatable bonds is 4. The number of benzene rings is 1. The Bertz CT molecular complexity index is 1490. The SMILES string of the molecule is O=C(O)C1C2CCC(CC2)C1Nc1nc(-c2c[nH]c3ncc(F)cc23)nc2ccc(C(F)(F)F)cc12. The number of aromatic amines is 1. The quantitative estimate of drug-likeness (QED) is 0.315. The molecule has 0 saturated heterocycles. The highest BCUT2D eigenvalue weighted by Gasteiger charge is 2.47. The summed E-state index contributed by atoms with van der Waals surface area (Å²) in [6.45, 7) is 0. The van der Waals surface area contributed by atoms with Crippen molar-refractivity contribution in [3.8, 4) is 11.4 Å². The van der Waals surface area contributed by atoms with Crippen molar-refractivity contribution in [2.24, 2.45) is 17.8 Å². The van der Waals surface area contributed by atoms with E-state index in [0.717, 1.165) is 44.0 Å². The van der Waals surface area contributed by atoms with Gasteiger partial charge >= 0.3 is 12.1 Å². The fourth-order valence-corrected chi connectivity index (χ4v) is 5.87.